The molecule has 0 aromatic carbocycles. The molecule has 88 valence electrons. The van der Waals surface area contributed by atoms with Crippen LogP contribution in [0.4, 0.5) is 0 Å². The van der Waals surface area contributed by atoms with Crippen LogP contribution in [0, 0.1) is 6.92 Å². The maximum Gasteiger partial charge on any atom is 0.131 e. The van der Waals surface area contributed by atoms with Crippen LogP contribution >= 0.6 is 11.3 Å². The SMILES string of the molecule is Cc1nc(COc2ccnc(C3CC3)c2)cs1. The van der Waals surface area contributed by atoms with Gasteiger partial charge in [0.2, 0.25) is 0 Å². The molecular formula is C13H14N2OS. The molecule has 1 saturated carbocycles. The number of hydrogen-bond donors (Lipinski definition) is 0. The summed E-state index contributed by atoms with van der Waals surface area (Å²) in [4.78, 5) is 8.74. The third-order valence-corrected chi connectivity index (χ3v) is 3.62. The van der Waals surface area contributed by atoms with E-state index in [1.807, 2.05) is 24.6 Å². The van der Waals surface area contributed by atoms with E-state index in [9.17, 15) is 0 Å². The van der Waals surface area contributed by atoms with Gasteiger partial charge < -0.3 is 4.74 Å². The van der Waals surface area contributed by atoms with Crippen LogP contribution in [0.15, 0.2) is 23.7 Å². The number of aryl methyl sites for hydroxylation is 1. The quantitative estimate of drug-likeness (QED) is 0.830. The van der Waals surface area contributed by atoms with Gasteiger partial charge in [-0.05, 0) is 25.8 Å². The van der Waals surface area contributed by atoms with Crippen LogP contribution in [0.2, 0.25) is 0 Å². The number of hydrogen-bond acceptors (Lipinski definition) is 4. The van der Waals surface area contributed by atoms with Crippen molar-refractivity contribution in [1.82, 2.24) is 9.97 Å². The van der Waals surface area contributed by atoms with Crippen LogP contribution in [0.3, 0.4) is 0 Å². The van der Waals surface area contributed by atoms with Crippen molar-refractivity contribution in [3.05, 3.63) is 40.1 Å². The van der Waals surface area contributed by atoms with E-state index in [1.165, 1.54) is 12.8 Å². The van der Waals surface area contributed by atoms with Crippen molar-refractivity contribution >= 4 is 11.3 Å². The van der Waals surface area contributed by atoms with Crippen molar-refractivity contribution in [2.75, 3.05) is 0 Å². The molecule has 1 aliphatic carbocycles. The highest BCUT2D eigenvalue weighted by molar-refractivity contribution is 7.09. The summed E-state index contributed by atoms with van der Waals surface area (Å²) < 4.78 is 5.73. The van der Waals surface area contributed by atoms with Gasteiger partial charge in [-0.1, -0.05) is 0 Å². The molecule has 1 aliphatic rings. The lowest BCUT2D eigenvalue weighted by Gasteiger charge is -2.05. The summed E-state index contributed by atoms with van der Waals surface area (Å²) in [5.74, 6) is 1.56. The highest BCUT2D eigenvalue weighted by atomic mass is 32.1. The Kier molecular flexibility index (Phi) is 2.81. The van der Waals surface area contributed by atoms with Gasteiger partial charge in [0.1, 0.15) is 12.4 Å². The Bertz CT molecular complexity index is 520. The van der Waals surface area contributed by atoms with E-state index in [-0.39, 0.29) is 0 Å². The lowest BCUT2D eigenvalue weighted by atomic mass is 10.2. The average Bonchev–Trinajstić information content (AvgIpc) is 3.11. The molecule has 2 heterocycles. The predicted octanol–water partition coefficient (Wildman–Crippen LogP) is 3.30. The molecule has 1 fully saturated rings. The Labute approximate surface area is 105 Å². The van der Waals surface area contributed by atoms with E-state index >= 15 is 0 Å². The maximum atomic E-state index is 5.73. The summed E-state index contributed by atoms with van der Waals surface area (Å²) in [6.45, 7) is 2.55. The van der Waals surface area contributed by atoms with Gasteiger partial charge >= 0.3 is 0 Å². The van der Waals surface area contributed by atoms with Gasteiger partial charge in [-0.2, -0.15) is 0 Å². The first-order valence-electron chi connectivity index (χ1n) is 5.81. The Balaban J connectivity index is 1.66. The van der Waals surface area contributed by atoms with Crippen LogP contribution in [0.1, 0.15) is 35.2 Å². The molecule has 3 rings (SSSR count). The van der Waals surface area contributed by atoms with Crippen LogP contribution in [-0.2, 0) is 6.61 Å². The van der Waals surface area contributed by atoms with Crippen molar-refractivity contribution < 1.29 is 4.74 Å². The lowest BCUT2D eigenvalue weighted by molar-refractivity contribution is 0.301. The number of thiazole rings is 1. The van der Waals surface area contributed by atoms with E-state index in [0.29, 0.717) is 12.5 Å². The Morgan fingerprint density at radius 2 is 2.35 bits per heavy atom. The third-order valence-electron chi connectivity index (χ3n) is 2.80. The van der Waals surface area contributed by atoms with E-state index < -0.39 is 0 Å². The summed E-state index contributed by atoms with van der Waals surface area (Å²) in [6, 6.07) is 3.96. The van der Waals surface area contributed by atoms with Crippen molar-refractivity contribution in [2.24, 2.45) is 0 Å². The molecule has 0 spiro atoms. The van der Waals surface area contributed by atoms with Gasteiger partial charge in [0.05, 0.1) is 10.7 Å². The number of nitrogens with zero attached hydrogens (tertiary/aromatic N) is 2. The second-order valence-corrected chi connectivity index (χ2v) is 5.40. The molecule has 0 N–H and O–H groups in total. The minimum Gasteiger partial charge on any atom is -0.487 e. The summed E-state index contributed by atoms with van der Waals surface area (Å²) in [5.41, 5.74) is 2.16. The number of ether oxygens (including phenoxy) is 1. The Morgan fingerprint density at radius 3 is 3.06 bits per heavy atom. The molecule has 3 nitrogen and oxygen atoms in total. The zero-order valence-corrected chi connectivity index (χ0v) is 10.5. The maximum absolute atomic E-state index is 5.73. The van der Waals surface area contributed by atoms with Gasteiger partial charge in [-0.15, -0.1) is 11.3 Å². The van der Waals surface area contributed by atoms with Crippen LogP contribution in [-0.4, -0.2) is 9.97 Å². The Hall–Kier alpha value is -1.42. The number of rotatable bonds is 4. The van der Waals surface area contributed by atoms with Gasteiger partial charge in [0.15, 0.2) is 0 Å². The van der Waals surface area contributed by atoms with Crippen molar-refractivity contribution in [3.8, 4) is 5.75 Å². The van der Waals surface area contributed by atoms with Crippen molar-refractivity contribution in [3.63, 3.8) is 0 Å². The smallest absolute Gasteiger partial charge is 0.131 e. The predicted molar refractivity (Wildman–Crippen MR) is 67.4 cm³/mol. The Morgan fingerprint density at radius 1 is 1.47 bits per heavy atom. The minimum absolute atomic E-state index is 0.540. The van der Waals surface area contributed by atoms with Gasteiger partial charge in [-0.3, -0.25) is 4.98 Å². The molecular weight excluding hydrogens is 232 g/mol. The minimum atomic E-state index is 0.540. The number of aromatic nitrogens is 2. The fraction of sp³-hybridized carbons (Fsp3) is 0.385. The highest BCUT2D eigenvalue weighted by Crippen LogP contribution is 2.39. The molecule has 0 radical (unpaired) electrons. The van der Waals surface area contributed by atoms with E-state index in [4.69, 9.17) is 4.74 Å². The van der Waals surface area contributed by atoms with Crippen molar-refractivity contribution in [2.45, 2.75) is 32.3 Å². The second-order valence-electron chi connectivity index (χ2n) is 4.34. The molecule has 0 unspecified atom stereocenters. The first-order valence-corrected chi connectivity index (χ1v) is 6.69. The third kappa shape index (κ3) is 2.64. The molecule has 0 bridgehead atoms. The molecule has 0 amide bonds. The van der Waals surface area contributed by atoms with E-state index in [1.54, 1.807) is 11.3 Å². The normalized spacial score (nSPS) is 14.9. The second kappa shape index (κ2) is 4.45. The molecule has 0 saturated heterocycles. The van der Waals surface area contributed by atoms with Crippen molar-refractivity contribution in [1.29, 1.82) is 0 Å². The van der Waals surface area contributed by atoms with Gasteiger partial charge in [0.25, 0.3) is 0 Å². The lowest BCUT2D eigenvalue weighted by Crippen LogP contribution is -1.97. The summed E-state index contributed by atoms with van der Waals surface area (Å²) >= 11 is 1.65. The standard InChI is InChI=1S/C13H14N2OS/c1-9-15-11(8-17-9)7-16-12-4-5-14-13(6-12)10-2-3-10/h4-6,8,10H,2-3,7H2,1H3. The molecule has 17 heavy (non-hydrogen) atoms. The zero-order chi connectivity index (χ0) is 11.7. The summed E-state index contributed by atoms with van der Waals surface area (Å²) in [5, 5.41) is 3.12. The molecule has 2 aromatic heterocycles. The molecule has 0 atom stereocenters. The van der Waals surface area contributed by atoms with E-state index in [0.717, 1.165) is 22.1 Å². The fourth-order valence-corrected chi connectivity index (χ4v) is 2.35. The van der Waals surface area contributed by atoms with Gasteiger partial charge in [-0.25, -0.2) is 4.98 Å². The largest absolute Gasteiger partial charge is 0.487 e. The zero-order valence-electron chi connectivity index (χ0n) is 9.72. The topological polar surface area (TPSA) is 35.0 Å². The molecule has 0 aliphatic heterocycles. The van der Waals surface area contributed by atoms with Crippen LogP contribution in [0.5, 0.6) is 5.75 Å². The van der Waals surface area contributed by atoms with Crippen LogP contribution in [0.25, 0.3) is 0 Å². The van der Waals surface area contributed by atoms with Gasteiger partial charge in [0, 0.05) is 29.3 Å². The average molecular weight is 246 g/mol. The number of pyridine rings is 1. The monoisotopic (exact) mass is 246 g/mol. The summed E-state index contributed by atoms with van der Waals surface area (Å²) in [6.07, 6.45) is 4.36. The highest BCUT2D eigenvalue weighted by Gasteiger charge is 2.25. The van der Waals surface area contributed by atoms with E-state index in [2.05, 4.69) is 16.0 Å². The fourth-order valence-electron chi connectivity index (χ4n) is 1.75. The molecule has 4 heteroatoms. The first-order chi connectivity index (χ1) is 8.31. The first kappa shape index (κ1) is 10.7. The summed E-state index contributed by atoms with van der Waals surface area (Å²) in [7, 11) is 0. The molecule has 2 aromatic rings. The van der Waals surface area contributed by atoms with Crippen LogP contribution < -0.4 is 4.74 Å².